The van der Waals surface area contributed by atoms with E-state index in [1.807, 2.05) is 50.2 Å². The SMILES string of the molecule is CCOP(=O)(OCC)c1ccc2ccccc2c1C1=CCCc2ccc(N)cc21. The monoisotopic (exact) mass is 407 g/mol. The summed E-state index contributed by atoms with van der Waals surface area (Å²) in [5, 5.41) is 2.73. The van der Waals surface area contributed by atoms with Crippen molar-refractivity contribution in [1.82, 2.24) is 0 Å². The maximum absolute atomic E-state index is 13.8. The fourth-order valence-corrected chi connectivity index (χ4v) is 5.87. The Morgan fingerprint density at radius 2 is 1.76 bits per heavy atom. The zero-order chi connectivity index (χ0) is 20.4. The van der Waals surface area contributed by atoms with E-state index in [9.17, 15) is 4.57 Å². The van der Waals surface area contributed by atoms with Crippen molar-refractivity contribution >= 4 is 34.9 Å². The second kappa shape index (κ2) is 8.16. The molecule has 0 amide bonds. The lowest BCUT2D eigenvalue weighted by atomic mass is 9.85. The molecule has 0 spiro atoms. The van der Waals surface area contributed by atoms with Gasteiger partial charge in [-0.15, -0.1) is 0 Å². The lowest BCUT2D eigenvalue weighted by molar-refractivity contribution is 0.230. The van der Waals surface area contributed by atoms with Crippen LogP contribution < -0.4 is 11.0 Å². The molecule has 4 nitrogen and oxygen atoms in total. The van der Waals surface area contributed by atoms with Gasteiger partial charge in [0.2, 0.25) is 0 Å². The summed E-state index contributed by atoms with van der Waals surface area (Å²) >= 11 is 0. The van der Waals surface area contributed by atoms with Crippen molar-refractivity contribution in [2.45, 2.75) is 26.7 Å². The van der Waals surface area contributed by atoms with E-state index >= 15 is 0 Å². The summed E-state index contributed by atoms with van der Waals surface area (Å²) < 4.78 is 25.3. The van der Waals surface area contributed by atoms with E-state index in [0.717, 1.165) is 46.0 Å². The largest absolute Gasteiger partial charge is 0.399 e. The van der Waals surface area contributed by atoms with Crippen molar-refractivity contribution in [3.8, 4) is 0 Å². The molecule has 0 unspecified atom stereocenters. The van der Waals surface area contributed by atoms with E-state index in [2.05, 4.69) is 24.3 Å². The van der Waals surface area contributed by atoms with E-state index in [-0.39, 0.29) is 0 Å². The molecule has 1 aliphatic carbocycles. The lowest BCUT2D eigenvalue weighted by Gasteiger charge is -2.25. The van der Waals surface area contributed by atoms with E-state index in [4.69, 9.17) is 14.8 Å². The molecule has 1 aliphatic rings. The van der Waals surface area contributed by atoms with Gasteiger partial charge >= 0.3 is 7.60 Å². The molecule has 4 rings (SSSR count). The third kappa shape index (κ3) is 3.64. The Hall–Kier alpha value is -2.39. The average molecular weight is 407 g/mol. The number of anilines is 1. The number of benzene rings is 3. The first-order chi connectivity index (χ1) is 14.1. The quantitative estimate of drug-likeness (QED) is 0.421. The first-order valence-corrected chi connectivity index (χ1v) is 11.6. The van der Waals surface area contributed by atoms with Crippen LogP contribution in [0.3, 0.4) is 0 Å². The molecule has 29 heavy (non-hydrogen) atoms. The highest BCUT2D eigenvalue weighted by Gasteiger charge is 2.32. The van der Waals surface area contributed by atoms with Gasteiger partial charge in [0.25, 0.3) is 0 Å². The summed E-state index contributed by atoms with van der Waals surface area (Å²) in [6.07, 6.45) is 4.10. The van der Waals surface area contributed by atoms with Gasteiger partial charge < -0.3 is 14.8 Å². The van der Waals surface area contributed by atoms with Gasteiger partial charge in [0.05, 0.1) is 18.5 Å². The topological polar surface area (TPSA) is 61.5 Å². The Labute approximate surface area is 171 Å². The standard InChI is InChI=1S/C24H26NO3P/c1-3-27-29(26,28-4-2)23-15-13-17-8-5-6-10-20(17)24(23)21-11-7-9-18-12-14-19(25)16-22(18)21/h5-6,8,10-16H,3-4,7,9,25H2,1-2H3. The molecule has 150 valence electrons. The van der Waals surface area contributed by atoms with Crippen LogP contribution in [0.25, 0.3) is 16.3 Å². The van der Waals surface area contributed by atoms with Gasteiger partial charge in [-0.05, 0) is 72.4 Å². The molecule has 0 saturated carbocycles. The van der Waals surface area contributed by atoms with E-state index in [0.29, 0.717) is 18.5 Å². The van der Waals surface area contributed by atoms with Crippen molar-refractivity contribution in [3.05, 3.63) is 77.4 Å². The smallest absolute Gasteiger partial charge is 0.361 e. The van der Waals surface area contributed by atoms with Crippen LogP contribution in [0.5, 0.6) is 0 Å². The van der Waals surface area contributed by atoms with Crippen LogP contribution in [0.15, 0.2) is 60.7 Å². The maximum Gasteiger partial charge on any atom is 0.361 e. The summed E-state index contributed by atoms with van der Waals surface area (Å²) in [6.45, 7) is 4.29. The van der Waals surface area contributed by atoms with Gasteiger partial charge in [0.1, 0.15) is 0 Å². The number of rotatable bonds is 6. The molecule has 0 fully saturated rings. The minimum Gasteiger partial charge on any atom is -0.399 e. The van der Waals surface area contributed by atoms with E-state index < -0.39 is 7.60 Å². The summed E-state index contributed by atoms with van der Waals surface area (Å²) in [4.78, 5) is 0. The minimum absolute atomic E-state index is 0.312. The molecule has 2 N–H and O–H groups in total. The molecular formula is C24H26NO3P. The molecule has 0 heterocycles. The highest BCUT2D eigenvalue weighted by molar-refractivity contribution is 7.62. The van der Waals surface area contributed by atoms with Gasteiger partial charge in [-0.3, -0.25) is 4.57 Å². The fourth-order valence-electron chi connectivity index (χ4n) is 4.07. The highest BCUT2D eigenvalue weighted by atomic mass is 31.2. The highest BCUT2D eigenvalue weighted by Crippen LogP contribution is 2.50. The minimum atomic E-state index is -3.48. The van der Waals surface area contributed by atoms with Crippen molar-refractivity contribution < 1.29 is 13.6 Å². The Balaban J connectivity index is 2.05. The third-order valence-corrected chi connectivity index (χ3v) is 7.41. The number of hydrogen-bond donors (Lipinski definition) is 1. The molecule has 3 aromatic rings. The van der Waals surface area contributed by atoms with Crippen LogP contribution in [-0.2, 0) is 20.0 Å². The van der Waals surface area contributed by atoms with Crippen LogP contribution in [0.4, 0.5) is 5.69 Å². The van der Waals surface area contributed by atoms with Crippen LogP contribution in [0, 0.1) is 0 Å². The first-order valence-electron chi connectivity index (χ1n) is 10.1. The normalized spacial score (nSPS) is 13.9. The van der Waals surface area contributed by atoms with E-state index in [1.165, 1.54) is 5.56 Å². The zero-order valence-corrected chi connectivity index (χ0v) is 17.7. The number of allylic oxidation sites excluding steroid dienone is 1. The molecule has 0 aliphatic heterocycles. The van der Waals surface area contributed by atoms with Gasteiger partial charge in [0, 0.05) is 11.3 Å². The van der Waals surface area contributed by atoms with Crippen LogP contribution in [0.1, 0.15) is 37.0 Å². The third-order valence-electron chi connectivity index (χ3n) is 5.26. The molecule has 3 aromatic carbocycles. The van der Waals surface area contributed by atoms with E-state index in [1.54, 1.807) is 0 Å². The molecule has 0 bridgehead atoms. The van der Waals surface area contributed by atoms with Crippen molar-refractivity contribution in [1.29, 1.82) is 0 Å². The van der Waals surface area contributed by atoms with Crippen LogP contribution in [0.2, 0.25) is 0 Å². The Morgan fingerprint density at radius 3 is 2.52 bits per heavy atom. The lowest BCUT2D eigenvalue weighted by Crippen LogP contribution is -2.17. The number of fused-ring (bicyclic) bond motifs is 2. The first kappa shape index (κ1) is 19.9. The maximum atomic E-state index is 13.8. The molecular weight excluding hydrogens is 381 g/mol. The number of aryl methyl sites for hydroxylation is 1. The van der Waals surface area contributed by atoms with Crippen LogP contribution in [-0.4, -0.2) is 13.2 Å². The van der Waals surface area contributed by atoms with Crippen molar-refractivity contribution in [3.63, 3.8) is 0 Å². The summed E-state index contributed by atoms with van der Waals surface area (Å²) in [5.41, 5.74) is 11.1. The zero-order valence-electron chi connectivity index (χ0n) is 16.9. The Kier molecular flexibility index (Phi) is 5.60. The van der Waals surface area contributed by atoms with Gasteiger partial charge in [0.15, 0.2) is 0 Å². The molecule has 0 radical (unpaired) electrons. The number of hydrogen-bond acceptors (Lipinski definition) is 4. The van der Waals surface area contributed by atoms with Crippen LogP contribution >= 0.6 is 7.60 Å². The number of nitrogens with two attached hydrogens (primary N) is 1. The van der Waals surface area contributed by atoms with Gasteiger partial charge in [-0.25, -0.2) is 0 Å². The number of nitrogen functional groups attached to an aromatic ring is 1. The van der Waals surface area contributed by atoms with Gasteiger partial charge in [-0.1, -0.05) is 42.5 Å². The second-order valence-electron chi connectivity index (χ2n) is 7.09. The second-order valence-corrected chi connectivity index (χ2v) is 9.08. The molecule has 0 atom stereocenters. The summed E-state index contributed by atoms with van der Waals surface area (Å²) in [5.74, 6) is 0. The van der Waals surface area contributed by atoms with Gasteiger partial charge in [-0.2, -0.15) is 0 Å². The summed E-state index contributed by atoms with van der Waals surface area (Å²) in [6, 6.07) is 18.1. The predicted molar refractivity (Wildman–Crippen MR) is 121 cm³/mol. The Bertz CT molecular complexity index is 1130. The molecule has 0 aromatic heterocycles. The molecule has 0 saturated heterocycles. The predicted octanol–water partition coefficient (Wildman–Crippen LogP) is 5.69. The van der Waals surface area contributed by atoms with Crippen molar-refractivity contribution in [2.75, 3.05) is 18.9 Å². The fraction of sp³-hybridized carbons (Fsp3) is 0.250. The van der Waals surface area contributed by atoms with Crippen molar-refractivity contribution in [2.24, 2.45) is 0 Å². The Morgan fingerprint density at radius 1 is 1.00 bits per heavy atom. The average Bonchev–Trinajstić information content (AvgIpc) is 2.73. The molecule has 5 heteroatoms. The summed E-state index contributed by atoms with van der Waals surface area (Å²) in [7, 11) is -3.48.